The molecule has 0 bridgehead atoms. The van der Waals surface area contributed by atoms with E-state index in [4.69, 9.17) is 4.74 Å². The summed E-state index contributed by atoms with van der Waals surface area (Å²) in [6.07, 6.45) is 3.89. The first kappa shape index (κ1) is 13.1. The van der Waals surface area contributed by atoms with Crippen LogP contribution in [0.3, 0.4) is 0 Å². The molecule has 0 amide bonds. The zero-order valence-electron chi connectivity index (χ0n) is 11.4. The molecule has 0 saturated heterocycles. The first-order valence-electron chi connectivity index (χ1n) is 6.75. The van der Waals surface area contributed by atoms with Crippen LogP contribution >= 0.6 is 0 Å². The van der Waals surface area contributed by atoms with Gasteiger partial charge < -0.3 is 15.2 Å². The van der Waals surface area contributed by atoms with E-state index in [1.165, 1.54) is 19.3 Å². The van der Waals surface area contributed by atoms with Crippen molar-refractivity contribution in [2.24, 2.45) is 11.8 Å². The highest BCUT2D eigenvalue weighted by molar-refractivity contribution is 5.54. The van der Waals surface area contributed by atoms with Crippen LogP contribution in [-0.2, 0) is 0 Å². The maximum absolute atomic E-state index is 9.79. The van der Waals surface area contributed by atoms with E-state index >= 15 is 0 Å². The molecule has 2 atom stereocenters. The summed E-state index contributed by atoms with van der Waals surface area (Å²) in [5, 5.41) is 13.3. The third-order valence-electron chi connectivity index (χ3n) is 4.06. The third-order valence-corrected chi connectivity index (χ3v) is 4.06. The molecule has 3 heteroatoms. The second-order valence-electron chi connectivity index (χ2n) is 5.44. The number of aromatic hydroxyl groups is 1. The fourth-order valence-electron chi connectivity index (χ4n) is 2.94. The van der Waals surface area contributed by atoms with Crippen molar-refractivity contribution in [1.29, 1.82) is 0 Å². The molecule has 0 radical (unpaired) electrons. The predicted molar refractivity (Wildman–Crippen MR) is 74.2 cm³/mol. The minimum absolute atomic E-state index is 0.193. The fourth-order valence-corrected chi connectivity index (χ4v) is 2.94. The summed E-state index contributed by atoms with van der Waals surface area (Å²) in [5.41, 5.74) is 0.971. The van der Waals surface area contributed by atoms with Gasteiger partial charge in [-0.1, -0.05) is 20.3 Å². The Balaban J connectivity index is 2.10. The van der Waals surface area contributed by atoms with Crippen molar-refractivity contribution in [3.63, 3.8) is 0 Å². The van der Waals surface area contributed by atoms with Gasteiger partial charge in [0.1, 0.15) is 0 Å². The van der Waals surface area contributed by atoms with Crippen LogP contribution in [0.1, 0.15) is 33.1 Å². The molecule has 3 nitrogen and oxygen atoms in total. The van der Waals surface area contributed by atoms with Crippen molar-refractivity contribution >= 4 is 5.69 Å². The maximum atomic E-state index is 9.79. The van der Waals surface area contributed by atoms with E-state index in [0.29, 0.717) is 23.6 Å². The Morgan fingerprint density at radius 3 is 2.44 bits per heavy atom. The average Bonchev–Trinajstić information content (AvgIpc) is 2.34. The number of methoxy groups -OCH3 is 1. The van der Waals surface area contributed by atoms with Gasteiger partial charge in [0.25, 0.3) is 0 Å². The molecule has 1 aliphatic carbocycles. The smallest absolute Gasteiger partial charge is 0.160 e. The number of anilines is 1. The molecule has 1 aliphatic rings. The lowest BCUT2D eigenvalue weighted by atomic mass is 9.78. The van der Waals surface area contributed by atoms with Crippen molar-refractivity contribution < 1.29 is 9.84 Å². The van der Waals surface area contributed by atoms with E-state index in [9.17, 15) is 5.11 Å². The average molecular weight is 249 g/mol. The number of nitrogens with one attached hydrogen (secondary N) is 1. The van der Waals surface area contributed by atoms with Crippen LogP contribution in [0.5, 0.6) is 11.5 Å². The molecule has 1 fully saturated rings. The van der Waals surface area contributed by atoms with Crippen molar-refractivity contribution in [2.45, 2.75) is 39.2 Å². The molecule has 2 N–H and O–H groups in total. The summed E-state index contributed by atoms with van der Waals surface area (Å²) in [6.45, 7) is 4.60. The predicted octanol–water partition coefficient (Wildman–Crippen LogP) is 3.64. The highest BCUT2D eigenvalue weighted by Gasteiger charge is 2.27. The molecule has 1 aromatic rings. The van der Waals surface area contributed by atoms with Gasteiger partial charge in [-0.2, -0.15) is 0 Å². The van der Waals surface area contributed by atoms with Crippen molar-refractivity contribution in [2.75, 3.05) is 12.4 Å². The van der Waals surface area contributed by atoms with E-state index < -0.39 is 0 Å². The van der Waals surface area contributed by atoms with E-state index in [-0.39, 0.29) is 5.75 Å². The molecule has 0 aromatic heterocycles. The van der Waals surface area contributed by atoms with Crippen molar-refractivity contribution in [1.82, 2.24) is 0 Å². The number of ether oxygens (including phenoxy) is 1. The zero-order valence-corrected chi connectivity index (χ0v) is 11.4. The van der Waals surface area contributed by atoms with E-state index in [1.54, 1.807) is 19.2 Å². The number of rotatable bonds is 3. The molecule has 0 aliphatic heterocycles. The quantitative estimate of drug-likeness (QED) is 0.859. The van der Waals surface area contributed by atoms with E-state index in [2.05, 4.69) is 19.2 Å². The summed E-state index contributed by atoms with van der Waals surface area (Å²) in [5.74, 6) is 2.07. The van der Waals surface area contributed by atoms with Gasteiger partial charge in [0.15, 0.2) is 11.5 Å². The van der Waals surface area contributed by atoms with Gasteiger partial charge in [0.05, 0.1) is 7.11 Å². The minimum atomic E-state index is 0.193. The summed E-state index contributed by atoms with van der Waals surface area (Å²) in [4.78, 5) is 0. The highest BCUT2D eigenvalue weighted by atomic mass is 16.5. The highest BCUT2D eigenvalue weighted by Crippen LogP contribution is 2.34. The first-order valence-corrected chi connectivity index (χ1v) is 6.75. The van der Waals surface area contributed by atoms with Crippen molar-refractivity contribution in [3.05, 3.63) is 18.2 Å². The number of hydrogen-bond donors (Lipinski definition) is 2. The lowest BCUT2D eigenvalue weighted by molar-refractivity contribution is 0.268. The minimum Gasteiger partial charge on any atom is -0.504 e. The Morgan fingerprint density at radius 2 is 1.89 bits per heavy atom. The normalized spacial score (nSPS) is 27.8. The van der Waals surface area contributed by atoms with Gasteiger partial charge in [-0.3, -0.25) is 0 Å². The molecule has 100 valence electrons. The van der Waals surface area contributed by atoms with Gasteiger partial charge in [0.2, 0.25) is 0 Å². The lowest BCUT2D eigenvalue weighted by Gasteiger charge is -2.36. The first-order chi connectivity index (χ1) is 8.61. The SMILES string of the molecule is COc1ccc(NC2C(C)CCCC2C)cc1O. The van der Waals surface area contributed by atoms with E-state index in [1.807, 2.05) is 6.07 Å². The Bertz CT molecular complexity index is 395. The van der Waals surface area contributed by atoms with Gasteiger partial charge in [-0.15, -0.1) is 0 Å². The Kier molecular flexibility index (Phi) is 4.00. The molecule has 2 unspecified atom stereocenters. The Labute approximate surface area is 109 Å². The summed E-state index contributed by atoms with van der Waals surface area (Å²) in [7, 11) is 1.56. The molecular weight excluding hydrogens is 226 g/mol. The largest absolute Gasteiger partial charge is 0.504 e. The fraction of sp³-hybridized carbons (Fsp3) is 0.600. The number of hydrogen-bond acceptors (Lipinski definition) is 3. The number of benzene rings is 1. The van der Waals surface area contributed by atoms with Crippen LogP contribution < -0.4 is 10.1 Å². The Morgan fingerprint density at radius 1 is 1.22 bits per heavy atom. The van der Waals surface area contributed by atoms with Gasteiger partial charge in [-0.25, -0.2) is 0 Å². The molecule has 1 aromatic carbocycles. The van der Waals surface area contributed by atoms with Gasteiger partial charge in [0, 0.05) is 17.8 Å². The number of phenols is 1. The second-order valence-corrected chi connectivity index (χ2v) is 5.44. The molecule has 0 heterocycles. The number of phenolic OH excluding ortho intramolecular Hbond substituents is 1. The maximum Gasteiger partial charge on any atom is 0.160 e. The summed E-state index contributed by atoms with van der Waals surface area (Å²) < 4.78 is 5.05. The van der Waals surface area contributed by atoms with Crippen molar-refractivity contribution in [3.8, 4) is 11.5 Å². The monoisotopic (exact) mass is 249 g/mol. The van der Waals surface area contributed by atoms with Crippen LogP contribution in [0.25, 0.3) is 0 Å². The second kappa shape index (κ2) is 5.51. The van der Waals surface area contributed by atoms with Crippen LogP contribution in [-0.4, -0.2) is 18.3 Å². The van der Waals surface area contributed by atoms with Crippen LogP contribution in [0.15, 0.2) is 18.2 Å². The van der Waals surface area contributed by atoms with E-state index in [0.717, 1.165) is 5.69 Å². The topological polar surface area (TPSA) is 41.5 Å². The lowest BCUT2D eigenvalue weighted by Crippen LogP contribution is -2.36. The molecule has 0 spiro atoms. The molecule has 1 saturated carbocycles. The van der Waals surface area contributed by atoms with Gasteiger partial charge in [-0.05, 0) is 36.8 Å². The zero-order chi connectivity index (χ0) is 13.1. The Hall–Kier alpha value is -1.38. The van der Waals surface area contributed by atoms with Crippen LogP contribution in [0, 0.1) is 11.8 Å². The summed E-state index contributed by atoms with van der Waals surface area (Å²) in [6, 6.07) is 6.00. The molecule has 18 heavy (non-hydrogen) atoms. The molecular formula is C15H23NO2. The molecule has 2 rings (SSSR count). The van der Waals surface area contributed by atoms with Gasteiger partial charge >= 0.3 is 0 Å². The van der Waals surface area contributed by atoms with Crippen LogP contribution in [0.2, 0.25) is 0 Å². The standard InChI is InChI=1S/C15H23NO2/c1-10-5-4-6-11(2)15(10)16-12-7-8-14(18-3)13(17)9-12/h7-11,15-17H,4-6H2,1-3H3. The third kappa shape index (κ3) is 2.71. The summed E-state index contributed by atoms with van der Waals surface area (Å²) >= 11 is 0. The van der Waals surface area contributed by atoms with Crippen LogP contribution in [0.4, 0.5) is 5.69 Å².